The summed E-state index contributed by atoms with van der Waals surface area (Å²) in [4.78, 5) is 5.00. The Kier molecular flexibility index (Phi) is 14.7. The Balaban J connectivity index is 0.617. The summed E-state index contributed by atoms with van der Waals surface area (Å²) < 4.78 is 5.26. The van der Waals surface area contributed by atoms with Crippen LogP contribution in [0.5, 0.6) is 0 Å². The average molecular weight is 1300 g/mol. The number of aryl methyl sites for hydroxylation is 1. The second-order valence-electron chi connectivity index (χ2n) is 29.8. The van der Waals surface area contributed by atoms with Crippen molar-refractivity contribution < 1.29 is 0 Å². The van der Waals surface area contributed by atoms with Crippen molar-refractivity contribution >= 4 is 97.1 Å². The van der Waals surface area contributed by atoms with Gasteiger partial charge < -0.3 is 9.80 Å². The normalized spacial score (nSPS) is 21.7. The van der Waals surface area contributed by atoms with E-state index in [4.69, 9.17) is 0 Å². The predicted octanol–water partition coefficient (Wildman–Crippen LogP) is 27.9. The zero-order valence-corrected chi connectivity index (χ0v) is 58.0. The van der Waals surface area contributed by atoms with Crippen LogP contribution in [-0.2, 0) is 10.8 Å². The third-order valence-corrected chi connectivity index (χ3v) is 27.4. The van der Waals surface area contributed by atoms with E-state index >= 15 is 0 Å². The highest BCUT2D eigenvalue weighted by Crippen LogP contribution is 2.75. The van der Waals surface area contributed by atoms with Crippen LogP contribution in [0.25, 0.3) is 96.0 Å². The fourth-order valence-corrected chi connectivity index (χ4v) is 22.9. The molecule has 14 aromatic rings. The number of benzene rings is 12. The van der Waals surface area contributed by atoms with Gasteiger partial charge >= 0.3 is 0 Å². The molecule has 2 bridgehead atoms. The van der Waals surface area contributed by atoms with Gasteiger partial charge in [-0.15, -0.1) is 22.7 Å². The molecular formula is C94H82N2S2. The Bertz CT molecular complexity index is 5340. The smallest absolute Gasteiger partial charge is 0.0540 e. The summed E-state index contributed by atoms with van der Waals surface area (Å²) in [7, 11) is 0. The first-order chi connectivity index (χ1) is 48.3. The van der Waals surface area contributed by atoms with Crippen molar-refractivity contribution in [2.45, 2.75) is 115 Å². The molecule has 0 aliphatic heterocycles. The Hall–Kier alpha value is -9.32. The molecule has 480 valence electrons. The summed E-state index contributed by atoms with van der Waals surface area (Å²) in [6.45, 7) is 4.78. The number of nitrogens with zero attached hydrogens (tertiary/aromatic N) is 2. The van der Waals surface area contributed by atoms with Crippen LogP contribution in [0.15, 0.2) is 273 Å². The molecular weight excluding hydrogens is 1220 g/mol. The zero-order valence-electron chi connectivity index (χ0n) is 56.3. The highest BCUT2D eigenvalue weighted by Gasteiger charge is 2.68. The second kappa shape index (κ2) is 24.0. The van der Waals surface area contributed by atoms with Gasteiger partial charge in [0.15, 0.2) is 0 Å². The van der Waals surface area contributed by atoms with Gasteiger partial charge in [-0.3, -0.25) is 0 Å². The summed E-state index contributed by atoms with van der Waals surface area (Å²) in [5.41, 5.74) is 24.9. The highest BCUT2D eigenvalue weighted by molar-refractivity contribution is 7.26. The molecule has 2 heterocycles. The Morgan fingerprint density at radius 2 is 0.837 bits per heavy atom. The van der Waals surface area contributed by atoms with E-state index in [0.717, 1.165) is 34.8 Å². The van der Waals surface area contributed by atoms with Crippen molar-refractivity contribution in [3.05, 3.63) is 290 Å². The minimum absolute atomic E-state index is 0.267. The van der Waals surface area contributed by atoms with Crippen molar-refractivity contribution in [2.75, 3.05) is 9.80 Å². The average Bonchev–Trinajstić information content (AvgIpc) is 1.51. The van der Waals surface area contributed by atoms with Gasteiger partial charge in [0.05, 0.1) is 5.69 Å². The van der Waals surface area contributed by atoms with E-state index in [-0.39, 0.29) is 5.41 Å². The lowest BCUT2D eigenvalue weighted by Gasteiger charge is -2.48. The molecule has 4 heteroatoms. The van der Waals surface area contributed by atoms with Gasteiger partial charge in [0.1, 0.15) is 0 Å². The summed E-state index contributed by atoms with van der Waals surface area (Å²) in [6.07, 6.45) is 19.2. The number of hydrogen-bond acceptors (Lipinski definition) is 4. The summed E-state index contributed by atoms with van der Waals surface area (Å²) >= 11 is 3.77. The molecule has 2 nitrogen and oxygen atoms in total. The fraction of sp³-hybridized carbons (Fsp3) is 0.234. The predicted molar refractivity (Wildman–Crippen MR) is 420 cm³/mol. The molecule has 4 unspecified atom stereocenters. The lowest BCUT2D eigenvalue weighted by Crippen LogP contribution is -2.40. The molecule has 5 fully saturated rings. The lowest BCUT2D eigenvalue weighted by molar-refractivity contribution is 0.124. The van der Waals surface area contributed by atoms with E-state index in [1.54, 1.807) is 11.1 Å². The monoisotopic (exact) mass is 1300 g/mol. The van der Waals surface area contributed by atoms with E-state index in [0.29, 0.717) is 10.8 Å². The van der Waals surface area contributed by atoms with Crippen LogP contribution in [0.3, 0.4) is 0 Å². The van der Waals surface area contributed by atoms with Crippen LogP contribution < -0.4 is 9.80 Å². The van der Waals surface area contributed by atoms with Crippen molar-refractivity contribution in [3.63, 3.8) is 0 Å². The van der Waals surface area contributed by atoms with Gasteiger partial charge in [-0.2, -0.15) is 0 Å². The van der Waals surface area contributed by atoms with Gasteiger partial charge in [0.2, 0.25) is 0 Å². The molecule has 5 aliphatic rings. The van der Waals surface area contributed by atoms with E-state index in [9.17, 15) is 0 Å². The molecule has 19 rings (SSSR count). The van der Waals surface area contributed by atoms with Crippen LogP contribution in [-0.4, -0.2) is 0 Å². The first-order valence-corrected chi connectivity index (χ1v) is 38.2. The van der Waals surface area contributed by atoms with Crippen LogP contribution >= 0.6 is 22.7 Å². The molecule has 0 spiro atoms. The lowest BCUT2D eigenvalue weighted by atomic mass is 9.56. The Labute approximate surface area is 585 Å². The molecule has 0 N–H and O–H groups in total. The van der Waals surface area contributed by atoms with Crippen LogP contribution in [0, 0.1) is 30.1 Å². The summed E-state index contributed by atoms with van der Waals surface area (Å²) in [6, 6.07) is 105. The molecule has 4 atom stereocenters. The van der Waals surface area contributed by atoms with Crippen LogP contribution in [0.4, 0.5) is 34.1 Å². The first-order valence-electron chi connectivity index (χ1n) is 36.5. The SMILES string of the molecule is CCC12CC3CC1CCC2(c1ccc(-c2ccc(N(c4ccc(-c5cccc(-c6ccc(-c7ccc(N(c8ccc9c(c8)sc8ccccc89)c8ccc(C9%10CCCCC9CCCC%10)cc8-c8ccccc8)cc7)cc6)c5)cc4)c4ccc5c(c4)sc4ccccc45)c(C)c2)cc1)C3. The van der Waals surface area contributed by atoms with Crippen LogP contribution in [0.1, 0.15) is 114 Å². The molecule has 0 saturated heterocycles. The quantitative estimate of drug-likeness (QED) is 0.107. The molecule has 5 aliphatic carbocycles. The molecule has 2 aromatic heterocycles. The van der Waals surface area contributed by atoms with Gasteiger partial charge in [-0.1, -0.05) is 215 Å². The molecule has 0 amide bonds. The van der Waals surface area contributed by atoms with E-state index < -0.39 is 0 Å². The number of hydrogen-bond donors (Lipinski definition) is 0. The maximum atomic E-state index is 2.62. The molecule has 98 heavy (non-hydrogen) atoms. The number of rotatable bonds is 14. The minimum atomic E-state index is 0.267. The van der Waals surface area contributed by atoms with E-state index in [1.807, 2.05) is 22.7 Å². The Morgan fingerprint density at radius 3 is 1.43 bits per heavy atom. The third kappa shape index (κ3) is 9.81. The standard InChI is InChI=1S/C94H82N2S2/c1-3-93-60-63-55-76(93)50-53-94(93,61-63)74-37-30-67(31-38-74)72-36-48-86(62(2)54-72)95(79-44-46-83-81-22-7-9-24-88(81)97-90(83)58-79)77-42-34-68(35-43-77)71-19-15-18-70(56-71)66-28-26-64(27-29-66)65-32-40-78(41-33-65)96(80-45-47-84-82-23-8-10-25-89(82)98-91(84)59-80)87-49-39-75(57-85(87)69-16-5-4-6-17-69)92-51-13-11-20-73(92)21-12-14-52-92/h4-10,15-19,22-49,54,56-59,63,73,76H,3,11-14,20-21,50-53,55,60-61H2,1-2H3. The maximum absolute atomic E-state index is 2.62. The largest absolute Gasteiger partial charge is 0.310 e. The summed E-state index contributed by atoms with van der Waals surface area (Å²) in [5.74, 6) is 2.63. The highest BCUT2D eigenvalue weighted by atomic mass is 32.1. The summed E-state index contributed by atoms with van der Waals surface area (Å²) in [5, 5.41) is 5.28. The second-order valence-corrected chi connectivity index (χ2v) is 32.0. The number of thiophene rings is 2. The van der Waals surface area contributed by atoms with Crippen molar-refractivity contribution in [1.82, 2.24) is 0 Å². The molecule has 12 aromatic carbocycles. The van der Waals surface area contributed by atoms with Crippen molar-refractivity contribution in [3.8, 4) is 55.6 Å². The maximum Gasteiger partial charge on any atom is 0.0540 e. The van der Waals surface area contributed by atoms with E-state index in [1.165, 1.54) is 208 Å². The zero-order chi connectivity index (χ0) is 65.1. The van der Waals surface area contributed by atoms with Crippen molar-refractivity contribution in [1.29, 1.82) is 0 Å². The van der Waals surface area contributed by atoms with Crippen LogP contribution in [0.2, 0.25) is 0 Å². The van der Waals surface area contributed by atoms with Crippen molar-refractivity contribution in [2.24, 2.45) is 23.2 Å². The van der Waals surface area contributed by atoms with E-state index in [2.05, 4.69) is 297 Å². The fourth-order valence-electron chi connectivity index (χ4n) is 20.6. The molecule has 0 radical (unpaired) electrons. The number of fused-ring (bicyclic) bond motifs is 8. The number of anilines is 6. The Morgan fingerprint density at radius 1 is 0.357 bits per heavy atom. The van der Waals surface area contributed by atoms with Gasteiger partial charge in [-0.05, 0) is 257 Å². The first kappa shape index (κ1) is 59.9. The van der Waals surface area contributed by atoms with Gasteiger partial charge in [0.25, 0.3) is 0 Å². The van der Waals surface area contributed by atoms with Gasteiger partial charge in [-0.25, -0.2) is 0 Å². The van der Waals surface area contributed by atoms with Gasteiger partial charge in [0, 0.05) is 79.8 Å². The minimum Gasteiger partial charge on any atom is -0.310 e. The third-order valence-electron chi connectivity index (χ3n) is 25.2. The molecule has 5 saturated carbocycles. The topological polar surface area (TPSA) is 6.48 Å².